The normalized spacial score (nSPS) is 12.4. The molecule has 0 saturated carbocycles. The molecule has 0 fully saturated rings. The van der Waals surface area contributed by atoms with Crippen molar-refractivity contribution in [2.24, 2.45) is 0 Å². The van der Waals surface area contributed by atoms with Crippen molar-refractivity contribution < 1.29 is 28.7 Å². The molecule has 0 aliphatic rings. The number of aliphatic carboxylic acids is 1. The Kier molecular flexibility index (Phi) is 9.38. The minimum absolute atomic E-state index is 0.167. The Morgan fingerprint density at radius 1 is 1.14 bits per heavy atom. The molecule has 0 N–H and O–H groups in total. The third kappa shape index (κ3) is 9.32. The highest BCUT2D eigenvalue weighted by Gasteiger charge is 2.27. The first-order valence-corrected chi connectivity index (χ1v) is 7.67. The predicted octanol–water partition coefficient (Wildman–Crippen LogP) is 0.473. The smallest absolute Gasteiger partial charge is 0.306 e. The van der Waals surface area contributed by atoms with Crippen LogP contribution in [0.1, 0.15) is 45.4 Å². The number of esters is 1. The van der Waals surface area contributed by atoms with E-state index in [0.717, 1.165) is 25.7 Å². The van der Waals surface area contributed by atoms with E-state index in [1.165, 1.54) is 5.94 Å². The maximum absolute atomic E-state index is 11.8. The summed E-state index contributed by atoms with van der Waals surface area (Å²) < 4.78 is 5.51. The van der Waals surface area contributed by atoms with Crippen LogP contribution in [0.25, 0.3) is 0 Å². The zero-order chi connectivity index (χ0) is 17.2. The molecule has 126 valence electrons. The molecular formula is C16H27NO5. The van der Waals surface area contributed by atoms with Gasteiger partial charge in [-0.05, 0) is 6.42 Å². The summed E-state index contributed by atoms with van der Waals surface area (Å²) >= 11 is 0. The molecule has 0 rings (SSSR count). The summed E-state index contributed by atoms with van der Waals surface area (Å²) in [6.07, 6.45) is 4.02. The molecule has 0 spiro atoms. The highest BCUT2D eigenvalue weighted by Crippen LogP contribution is 2.12. The van der Waals surface area contributed by atoms with Crippen molar-refractivity contribution in [1.29, 1.82) is 0 Å². The molecule has 0 bridgehead atoms. The van der Waals surface area contributed by atoms with E-state index >= 15 is 0 Å². The van der Waals surface area contributed by atoms with Crippen molar-refractivity contribution in [3.8, 4) is 0 Å². The maximum atomic E-state index is 11.8. The molecule has 0 radical (unpaired) electrons. The lowest BCUT2D eigenvalue weighted by Gasteiger charge is -2.29. The first-order valence-electron chi connectivity index (χ1n) is 7.67. The zero-order valence-electron chi connectivity index (χ0n) is 14.0. The van der Waals surface area contributed by atoms with Crippen molar-refractivity contribution in [1.82, 2.24) is 0 Å². The number of ether oxygens (including phenoxy) is 1. The molecule has 1 unspecified atom stereocenters. The summed E-state index contributed by atoms with van der Waals surface area (Å²) in [4.78, 5) is 33.6. The van der Waals surface area contributed by atoms with Crippen LogP contribution in [0.5, 0.6) is 0 Å². The van der Waals surface area contributed by atoms with Crippen molar-refractivity contribution in [2.45, 2.75) is 51.6 Å². The molecule has 0 heterocycles. The molecule has 0 amide bonds. The summed E-state index contributed by atoms with van der Waals surface area (Å²) in [5, 5.41) is 11.0. The molecule has 0 saturated heterocycles. The summed E-state index contributed by atoms with van der Waals surface area (Å²) in [6, 6.07) is 0. The van der Waals surface area contributed by atoms with E-state index in [1.807, 2.05) is 21.1 Å². The van der Waals surface area contributed by atoms with E-state index in [9.17, 15) is 19.5 Å². The zero-order valence-corrected chi connectivity index (χ0v) is 14.0. The SMILES string of the molecule is CCCCCCCC(=O)OC(C[N+](C)(C)C)C(=C=O)C(=O)[O-]. The lowest BCUT2D eigenvalue weighted by molar-refractivity contribution is -0.872. The van der Waals surface area contributed by atoms with Gasteiger partial charge < -0.3 is 19.1 Å². The summed E-state index contributed by atoms with van der Waals surface area (Å²) in [5.41, 5.74) is -0.646. The van der Waals surface area contributed by atoms with Gasteiger partial charge in [-0.1, -0.05) is 32.6 Å². The van der Waals surface area contributed by atoms with Crippen LogP contribution in [0.4, 0.5) is 0 Å². The number of nitrogens with zero attached hydrogens (tertiary/aromatic N) is 1. The van der Waals surface area contributed by atoms with Crippen LogP contribution in [-0.4, -0.2) is 56.2 Å². The molecule has 0 aromatic carbocycles. The molecule has 22 heavy (non-hydrogen) atoms. The van der Waals surface area contributed by atoms with E-state index in [4.69, 9.17) is 4.74 Å². The number of rotatable bonds is 11. The second kappa shape index (κ2) is 10.1. The predicted molar refractivity (Wildman–Crippen MR) is 80.4 cm³/mol. The number of unbranched alkanes of at least 4 members (excludes halogenated alkanes) is 4. The van der Waals surface area contributed by atoms with E-state index < -0.39 is 23.6 Å². The van der Waals surface area contributed by atoms with Crippen LogP contribution in [0.15, 0.2) is 5.57 Å². The van der Waals surface area contributed by atoms with Crippen molar-refractivity contribution >= 4 is 17.9 Å². The topological polar surface area (TPSA) is 83.5 Å². The Morgan fingerprint density at radius 3 is 2.18 bits per heavy atom. The van der Waals surface area contributed by atoms with Crippen molar-refractivity contribution in [3.63, 3.8) is 0 Å². The lowest BCUT2D eigenvalue weighted by atomic mass is 10.1. The molecular weight excluding hydrogens is 286 g/mol. The summed E-state index contributed by atoms with van der Waals surface area (Å²) in [7, 11) is 5.43. The van der Waals surface area contributed by atoms with Gasteiger partial charge in [0.15, 0.2) is 6.10 Å². The third-order valence-electron chi connectivity index (χ3n) is 3.12. The number of quaternary nitrogens is 1. The molecule has 0 aliphatic carbocycles. The monoisotopic (exact) mass is 313 g/mol. The van der Waals surface area contributed by atoms with Gasteiger partial charge in [-0.15, -0.1) is 0 Å². The first kappa shape index (κ1) is 20.3. The van der Waals surface area contributed by atoms with E-state index in [-0.39, 0.29) is 13.0 Å². The minimum Gasteiger partial charge on any atom is -0.544 e. The average molecular weight is 313 g/mol. The second-order valence-corrected chi connectivity index (χ2v) is 6.42. The highest BCUT2D eigenvalue weighted by molar-refractivity contribution is 5.95. The Labute approximate surface area is 132 Å². The van der Waals surface area contributed by atoms with Crippen LogP contribution < -0.4 is 5.11 Å². The Bertz CT molecular complexity index is 419. The van der Waals surface area contributed by atoms with Gasteiger partial charge in [-0.25, -0.2) is 4.79 Å². The fourth-order valence-electron chi connectivity index (χ4n) is 2.01. The number of hydrogen-bond donors (Lipinski definition) is 0. The average Bonchev–Trinajstić information content (AvgIpc) is 2.36. The number of carboxylic acids is 1. The minimum atomic E-state index is -1.65. The van der Waals surface area contributed by atoms with Gasteiger partial charge >= 0.3 is 5.97 Å². The van der Waals surface area contributed by atoms with Crippen LogP contribution in [0.3, 0.4) is 0 Å². The van der Waals surface area contributed by atoms with Gasteiger partial charge in [0.1, 0.15) is 18.1 Å². The lowest BCUT2D eigenvalue weighted by Crippen LogP contribution is -2.46. The second-order valence-electron chi connectivity index (χ2n) is 6.42. The van der Waals surface area contributed by atoms with Gasteiger partial charge in [0.05, 0.1) is 27.1 Å². The summed E-state index contributed by atoms with van der Waals surface area (Å²) in [5.74, 6) is -0.814. The number of hydrogen-bond acceptors (Lipinski definition) is 5. The van der Waals surface area contributed by atoms with Crippen LogP contribution >= 0.6 is 0 Å². The van der Waals surface area contributed by atoms with Gasteiger partial charge in [0.25, 0.3) is 0 Å². The molecule has 0 aromatic rings. The molecule has 0 aromatic heterocycles. The molecule has 6 nitrogen and oxygen atoms in total. The van der Waals surface area contributed by atoms with Gasteiger partial charge in [-0.3, -0.25) is 4.79 Å². The van der Waals surface area contributed by atoms with Crippen molar-refractivity contribution in [3.05, 3.63) is 5.57 Å². The maximum Gasteiger partial charge on any atom is 0.306 e. The first-order chi connectivity index (χ1) is 10.2. The Hall–Kier alpha value is -1.65. The van der Waals surface area contributed by atoms with Crippen LogP contribution in [-0.2, 0) is 19.1 Å². The quantitative estimate of drug-likeness (QED) is 0.182. The van der Waals surface area contributed by atoms with Crippen LogP contribution in [0, 0.1) is 0 Å². The van der Waals surface area contributed by atoms with Gasteiger partial charge in [-0.2, -0.15) is 0 Å². The number of carbonyl (C=O) groups is 2. The van der Waals surface area contributed by atoms with E-state index in [1.54, 1.807) is 0 Å². The largest absolute Gasteiger partial charge is 0.544 e. The fraction of sp³-hybridized carbons (Fsp3) is 0.750. The highest BCUT2D eigenvalue weighted by atomic mass is 16.5. The summed E-state index contributed by atoms with van der Waals surface area (Å²) in [6.45, 7) is 2.27. The third-order valence-corrected chi connectivity index (χ3v) is 3.12. The van der Waals surface area contributed by atoms with Gasteiger partial charge in [0.2, 0.25) is 0 Å². The van der Waals surface area contributed by atoms with E-state index in [2.05, 4.69) is 6.92 Å². The number of carboxylic acid groups (broad SMARTS) is 1. The Balaban J connectivity index is 4.61. The Morgan fingerprint density at radius 2 is 1.73 bits per heavy atom. The number of carbonyl (C=O) groups excluding carboxylic acids is 3. The van der Waals surface area contributed by atoms with Crippen molar-refractivity contribution in [2.75, 3.05) is 27.7 Å². The van der Waals surface area contributed by atoms with E-state index in [0.29, 0.717) is 10.9 Å². The van der Waals surface area contributed by atoms with Gasteiger partial charge in [0, 0.05) is 6.42 Å². The number of likely N-dealkylation sites (N-methyl/N-ethyl adjacent to an activating group) is 1. The van der Waals surface area contributed by atoms with Crippen LogP contribution in [0.2, 0.25) is 0 Å². The fourth-order valence-corrected chi connectivity index (χ4v) is 2.01. The molecule has 0 aliphatic heterocycles. The molecule has 1 atom stereocenters. The standard InChI is InChI=1S/C16H27NO5/c1-5-6-7-8-9-10-15(19)22-14(11-17(2,3)4)13(12-18)16(20)21/h14H,5-11H2,1-4H3. The molecule has 6 heteroatoms.